The second kappa shape index (κ2) is 9.91. The van der Waals surface area contributed by atoms with Crippen LogP contribution in [0.15, 0.2) is 61.1 Å². The van der Waals surface area contributed by atoms with Gasteiger partial charge in [0.05, 0.1) is 23.0 Å². The Labute approximate surface area is 204 Å². The van der Waals surface area contributed by atoms with E-state index in [-0.39, 0.29) is 0 Å². The van der Waals surface area contributed by atoms with Crippen LogP contribution in [0.2, 0.25) is 0 Å². The number of rotatable bonds is 6. The fourth-order valence-corrected chi connectivity index (χ4v) is 4.31. The summed E-state index contributed by atoms with van der Waals surface area (Å²) in [7, 11) is 2.10. The Morgan fingerprint density at radius 1 is 1.09 bits per heavy atom. The average molecular weight is 466 g/mol. The third-order valence-electron chi connectivity index (χ3n) is 6.26. The predicted molar refractivity (Wildman–Crippen MR) is 136 cm³/mol. The van der Waals surface area contributed by atoms with Crippen molar-refractivity contribution in [2.24, 2.45) is 0 Å². The summed E-state index contributed by atoms with van der Waals surface area (Å²) in [4.78, 5) is 15.6. The Morgan fingerprint density at radius 2 is 1.89 bits per heavy atom. The fraction of sp³-hybridized carbons (Fsp3) is 0.269. The largest absolute Gasteiger partial charge is 0.371 e. The highest BCUT2D eigenvalue weighted by molar-refractivity contribution is 5.70. The lowest BCUT2D eigenvalue weighted by molar-refractivity contribution is 0.443. The smallest absolute Gasteiger partial charge is 0.227 e. The van der Waals surface area contributed by atoms with E-state index in [2.05, 4.69) is 49.8 Å². The monoisotopic (exact) mass is 465 g/mol. The summed E-state index contributed by atoms with van der Waals surface area (Å²) in [5, 5.41) is 20.7. The van der Waals surface area contributed by atoms with Crippen LogP contribution in [0.1, 0.15) is 24.2 Å². The number of aryl methyl sites for hydroxylation is 1. The van der Waals surface area contributed by atoms with Crippen molar-refractivity contribution in [1.29, 1.82) is 5.26 Å². The van der Waals surface area contributed by atoms with Crippen LogP contribution in [0.3, 0.4) is 0 Å². The fourth-order valence-electron chi connectivity index (χ4n) is 4.31. The molecule has 1 aliphatic rings. The molecule has 1 aliphatic heterocycles. The molecule has 4 aromatic rings. The van der Waals surface area contributed by atoms with E-state index in [1.165, 1.54) is 0 Å². The number of nitrogens with zero attached hydrogens (tertiary/aromatic N) is 7. The van der Waals surface area contributed by atoms with Gasteiger partial charge in [-0.1, -0.05) is 0 Å². The summed E-state index contributed by atoms with van der Waals surface area (Å²) in [6.07, 6.45) is 5.59. The number of benzene rings is 2. The van der Waals surface area contributed by atoms with Crippen LogP contribution in [0.4, 0.5) is 17.3 Å². The predicted octanol–water partition coefficient (Wildman–Crippen LogP) is 3.84. The third kappa shape index (κ3) is 5.13. The van der Waals surface area contributed by atoms with Gasteiger partial charge in [-0.25, -0.2) is 19.6 Å². The van der Waals surface area contributed by atoms with Gasteiger partial charge in [0, 0.05) is 36.2 Å². The quantitative estimate of drug-likeness (QED) is 0.442. The van der Waals surface area contributed by atoms with Crippen molar-refractivity contribution < 1.29 is 0 Å². The molecule has 0 unspecified atom stereocenters. The highest BCUT2D eigenvalue weighted by Gasteiger charge is 2.19. The molecule has 2 aromatic carbocycles. The van der Waals surface area contributed by atoms with Crippen molar-refractivity contribution in [3.05, 3.63) is 72.4 Å². The topological polar surface area (TPSA) is 108 Å². The van der Waals surface area contributed by atoms with Gasteiger partial charge in [-0.15, -0.1) is 0 Å². The summed E-state index contributed by atoms with van der Waals surface area (Å²) in [5.41, 5.74) is 5.07. The van der Waals surface area contributed by atoms with Crippen molar-refractivity contribution in [3.63, 3.8) is 0 Å². The van der Waals surface area contributed by atoms with Crippen LogP contribution in [-0.4, -0.2) is 50.9 Å². The van der Waals surface area contributed by atoms with Gasteiger partial charge in [0.25, 0.3) is 0 Å². The molecular formula is C26H27N9. The van der Waals surface area contributed by atoms with Gasteiger partial charge in [-0.3, -0.25) is 0 Å². The van der Waals surface area contributed by atoms with Gasteiger partial charge in [0.15, 0.2) is 0 Å². The van der Waals surface area contributed by atoms with Crippen molar-refractivity contribution >= 4 is 17.3 Å². The second-order valence-electron chi connectivity index (χ2n) is 8.65. The summed E-state index contributed by atoms with van der Waals surface area (Å²) in [5.74, 6) is 1.21. The normalized spacial score (nSPS) is 13.9. The molecule has 0 spiro atoms. The van der Waals surface area contributed by atoms with Crippen LogP contribution < -0.4 is 15.5 Å². The molecule has 176 valence electrons. The summed E-state index contributed by atoms with van der Waals surface area (Å²) in [6.45, 7) is 3.89. The van der Waals surface area contributed by atoms with Gasteiger partial charge in [0.2, 0.25) is 5.95 Å². The van der Waals surface area contributed by atoms with E-state index in [9.17, 15) is 5.26 Å². The van der Waals surface area contributed by atoms with E-state index in [1.54, 1.807) is 17.2 Å². The molecule has 0 atom stereocenters. The first-order valence-corrected chi connectivity index (χ1v) is 11.7. The van der Waals surface area contributed by atoms with Crippen molar-refractivity contribution in [3.8, 4) is 23.0 Å². The molecule has 0 bridgehead atoms. The third-order valence-corrected chi connectivity index (χ3v) is 6.26. The molecule has 2 N–H and O–H groups in total. The molecule has 2 aromatic heterocycles. The van der Waals surface area contributed by atoms with E-state index in [0.717, 1.165) is 60.1 Å². The molecule has 1 saturated heterocycles. The minimum atomic E-state index is 0.449. The number of piperidine rings is 1. The van der Waals surface area contributed by atoms with Crippen molar-refractivity contribution in [2.75, 3.05) is 30.4 Å². The summed E-state index contributed by atoms with van der Waals surface area (Å²) in [6, 6.07) is 18.4. The zero-order chi connectivity index (χ0) is 24.2. The number of nitrogens with one attached hydrogen (secondary N) is 2. The molecule has 0 amide bonds. The van der Waals surface area contributed by atoms with E-state index >= 15 is 0 Å². The van der Waals surface area contributed by atoms with Gasteiger partial charge >= 0.3 is 0 Å². The van der Waals surface area contributed by atoms with Gasteiger partial charge in [0.1, 0.15) is 12.2 Å². The van der Waals surface area contributed by atoms with Gasteiger partial charge in [-0.2, -0.15) is 10.4 Å². The first kappa shape index (κ1) is 22.5. The minimum Gasteiger partial charge on any atom is -0.371 e. The SMILES string of the molecule is Cc1ncn(-c2ccc(Nc3nccc(-c4cc(C#N)cc(N(C)C5CCNCC5)c4)n3)cc2)n1. The van der Waals surface area contributed by atoms with Gasteiger partial charge in [-0.05, 0) is 81.4 Å². The number of anilines is 3. The molecule has 0 saturated carbocycles. The molecule has 9 heteroatoms. The molecule has 0 aliphatic carbocycles. The lowest BCUT2D eigenvalue weighted by Crippen LogP contribution is -2.41. The molecule has 5 rings (SSSR count). The van der Waals surface area contributed by atoms with Crippen LogP contribution in [0.5, 0.6) is 0 Å². The van der Waals surface area contributed by atoms with Crippen LogP contribution in [0.25, 0.3) is 16.9 Å². The van der Waals surface area contributed by atoms with E-state index < -0.39 is 0 Å². The van der Waals surface area contributed by atoms with E-state index in [4.69, 9.17) is 4.98 Å². The summed E-state index contributed by atoms with van der Waals surface area (Å²) >= 11 is 0. The zero-order valence-electron chi connectivity index (χ0n) is 19.8. The molecule has 3 heterocycles. The standard InChI is InChI=1S/C26H27N9/c1-18-30-17-35(33-18)23-5-3-21(4-6-23)31-26-29-12-9-25(32-26)20-13-19(16-27)14-24(15-20)34(2)22-7-10-28-11-8-22/h3-6,9,12-15,17,22,28H,7-8,10-11H2,1-2H3,(H,29,31,32). The number of hydrogen-bond donors (Lipinski definition) is 2. The molecular weight excluding hydrogens is 438 g/mol. The molecule has 1 fully saturated rings. The summed E-state index contributed by atoms with van der Waals surface area (Å²) < 4.78 is 1.73. The minimum absolute atomic E-state index is 0.449. The Hall–Kier alpha value is -4.29. The maximum absolute atomic E-state index is 9.65. The highest BCUT2D eigenvalue weighted by atomic mass is 15.3. The second-order valence-corrected chi connectivity index (χ2v) is 8.65. The Kier molecular flexibility index (Phi) is 6.37. The Balaban J connectivity index is 1.38. The van der Waals surface area contributed by atoms with Gasteiger partial charge < -0.3 is 15.5 Å². The van der Waals surface area contributed by atoms with Crippen LogP contribution in [-0.2, 0) is 0 Å². The van der Waals surface area contributed by atoms with Crippen molar-refractivity contribution in [1.82, 2.24) is 30.0 Å². The number of hydrogen-bond acceptors (Lipinski definition) is 8. The van der Waals surface area contributed by atoms with E-state index in [1.807, 2.05) is 49.4 Å². The average Bonchev–Trinajstić information content (AvgIpc) is 3.35. The van der Waals surface area contributed by atoms with Crippen molar-refractivity contribution in [2.45, 2.75) is 25.8 Å². The molecule has 0 radical (unpaired) electrons. The maximum Gasteiger partial charge on any atom is 0.227 e. The van der Waals surface area contributed by atoms with E-state index in [0.29, 0.717) is 17.6 Å². The lowest BCUT2D eigenvalue weighted by atomic mass is 10.0. The van der Waals surface area contributed by atoms with Crippen LogP contribution >= 0.6 is 0 Å². The highest BCUT2D eigenvalue weighted by Crippen LogP contribution is 2.28. The zero-order valence-corrected chi connectivity index (χ0v) is 19.8. The number of aromatic nitrogens is 5. The molecule has 35 heavy (non-hydrogen) atoms. The Morgan fingerprint density at radius 3 is 2.60 bits per heavy atom. The maximum atomic E-state index is 9.65. The molecule has 9 nitrogen and oxygen atoms in total. The van der Waals surface area contributed by atoms with Crippen LogP contribution in [0, 0.1) is 18.3 Å². The first-order chi connectivity index (χ1) is 17.1. The first-order valence-electron chi connectivity index (χ1n) is 11.7. The Bertz CT molecular complexity index is 1350. The number of nitriles is 1. The lowest BCUT2D eigenvalue weighted by Gasteiger charge is -2.33.